The molecule has 1 amide bonds. The Morgan fingerprint density at radius 2 is 1.71 bits per heavy atom. The normalized spacial score (nSPS) is 14.6. The molecule has 1 saturated heterocycles. The lowest BCUT2D eigenvalue weighted by Crippen LogP contribution is -2.44. The smallest absolute Gasteiger partial charge is 0.267 e. The molecule has 1 N–H and O–H groups in total. The van der Waals surface area contributed by atoms with E-state index in [1.807, 2.05) is 37.3 Å². The number of anilines is 2. The molecular formula is C23H26N4O. The zero-order valence-corrected chi connectivity index (χ0v) is 16.7. The molecule has 144 valence electrons. The van der Waals surface area contributed by atoms with Gasteiger partial charge in [0.05, 0.1) is 0 Å². The van der Waals surface area contributed by atoms with Gasteiger partial charge in [-0.2, -0.15) is 5.26 Å². The van der Waals surface area contributed by atoms with Gasteiger partial charge >= 0.3 is 0 Å². The molecule has 0 bridgehead atoms. The lowest BCUT2D eigenvalue weighted by atomic mass is 10.1. The van der Waals surface area contributed by atoms with E-state index in [4.69, 9.17) is 0 Å². The molecular weight excluding hydrogens is 348 g/mol. The first-order chi connectivity index (χ1) is 13.5. The number of piperazine rings is 1. The van der Waals surface area contributed by atoms with E-state index in [1.54, 1.807) is 6.20 Å². The Morgan fingerprint density at radius 1 is 1.04 bits per heavy atom. The zero-order chi connectivity index (χ0) is 20.1. The third kappa shape index (κ3) is 4.52. The summed E-state index contributed by atoms with van der Waals surface area (Å²) in [7, 11) is 0. The number of carbonyl (C=O) groups is 1. The number of rotatable bonds is 4. The lowest BCUT2D eigenvalue weighted by Gasteiger charge is -2.36. The molecule has 1 fully saturated rings. The standard InChI is InChI=1S/C23H26N4O/c1-17-7-9-21(10-8-17)25-23(28)20(15-24)16-26-11-13-27(14-12-26)22-6-4-5-18(2)19(22)3/h4-10,16H,11-14H2,1-3H3,(H,25,28)/b20-16-. The van der Waals surface area contributed by atoms with Crippen LogP contribution in [0.2, 0.25) is 0 Å². The van der Waals surface area contributed by atoms with E-state index in [9.17, 15) is 10.1 Å². The molecule has 3 rings (SSSR count). The van der Waals surface area contributed by atoms with Gasteiger partial charge in [0.15, 0.2) is 0 Å². The van der Waals surface area contributed by atoms with Crippen molar-refractivity contribution in [1.82, 2.24) is 4.90 Å². The summed E-state index contributed by atoms with van der Waals surface area (Å²) in [6, 6.07) is 15.9. The highest BCUT2D eigenvalue weighted by Crippen LogP contribution is 2.24. The molecule has 0 radical (unpaired) electrons. The number of nitrogens with zero attached hydrogens (tertiary/aromatic N) is 3. The van der Waals surface area contributed by atoms with Crippen LogP contribution in [0.5, 0.6) is 0 Å². The molecule has 1 aliphatic rings. The molecule has 1 heterocycles. The molecule has 0 saturated carbocycles. The second-order valence-corrected chi connectivity index (χ2v) is 7.22. The second kappa shape index (κ2) is 8.62. The number of benzene rings is 2. The van der Waals surface area contributed by atoms with Crippen molar-refractivity contribution in [2.45, 2.75) is 20.8 Å². The molecule has 2 aromatic rings. The number of carbonyl (C=O) groups excluding carboxylic acids is 1. The fourth-order valence-electron chi connectivity index (χ4n) is 3.33. The average molecular weight is 374 g/mol. The van der Waals surface area contributed by atoms with Crippen LogP contribution in [0.3, 0.4) is 0 Å². The molecule has 5 nitrogen and oxygen atoms in total. The topological polar surface area (TPSA) is 59.4 Å². The average Bonchev–Trinajstić information content (AvgIpc) is 2.70. The third-order valence-corrected chi connectivity index (χ3v) is 5.22. The van der Waals surface area contributed by atoms with E-state index in [0.717, 1.165) is 31.7 Å². The van der Waals surface area contributed by atoms with Crippen LogP contribution in [0.15, 0.2) is 54.2 Å². The van der Waals surface area contributed by atoms with Crippen molar-refractivity contribution in [3.05, 3.63) is 70.9 Å². The van der Waals surface area contributed by atoms with E-state index in [1.165, 1.54) is 16.8 Å². The highest BCUT2D eigenvalue weighted by molar-refractivity contribution is 6.06. The van der Waals surface area contributed by atoms with E-state index in [2.05, 4.69) is 47.2 Å². The van der Waals surface area contributed by atoms with E-state index >= 15 is 0 Å². The molecule has 0 atom stereocenters. The third-order valence-electron chi connectivity index (χ3n) is 5.22. The van der Waals surface area contributed by atoms with Crippen LogP contribution in [-0.2, 0) is 4.79 Å². The summed E-state index contributed by atoms with van der Waals surface area (Å²) in [5, 5.41) is 12.2. The predicted octanol–water partition coefficient (Wildman–Crippen LogP) is 3.78. The second-order valence-electron chi connectivity index (χ2n) is 7.22. The molecule has 0 unspecified atom stereocenters. The van der Waals surface area contributed by atoms with Crippen molar-refractivity contribution < 1.29 is 4.79 Å². The first kappa shape index (κ1) is 19.5. The van der Waals surface area contributed by atoms with Crippen molar-refractivity contribution in [2.24, 2.45) is 0 Å². The molecule has 0 spiro atoms. The molecule has 2 aromatic carbocycles. The number of hydrogen-bond donors (Lipinski definition) is 1. The van der Waals surface area contributed by atoms with Gasteiger partial charge in [-0.15, -0.1) is 0 Å². The van der Waals surface area contributed by atoms with Crippen LogP contribution in [0, 0.1) is 32.1 Å². The minimum absolute atomic E-state index is 0.126. The summed E-state index contributed by atoms with van der Waals surface area (Å²) in [6.45, 7) is 9.54. The van der Waals surface area contributed by atoms with Crippen LogP contribution in [-0.4, -0.2) is 37.0 Å². The fourth-order valence-corrected chi connectivity index (χ4v) is 3.33. The van der Waals surface area contributed by atoms with E-state index < -0.39 is 0 Å². The summed E-state index contributed by atoms with van der Waals surface area (Å²) in [4.78, 5) is 16.8. The van der Waals surface area contributed by atoms with Gasteiger partial charge in [0.25, 0.3) is 5.91 Å². The number of nitriles is 1. The summed E-state index contributed by atoms with van der Waals surface area (Å²) >= 11 is 0. The summed E-state index contributed by atoms with van der Waals surface area (Å²) in [6.07, 6.45) is 1.68. The van der Waals surface area contributed by atoms with Crippen molar-refractivity contribution in [3.63, 3.8) is 0 Å². The number of nitrogens with one attached hydrogen (secondary N) is 1. The Labute approximate surface area is 166 Å². The van der Waals surface area contributed by atoms with Gasteiger partial charge in [-0.3, -0.25) is 4.79 Å². The Morgan fingerprint density at radius 3 is 2.36 bits per heavy atom. The van der Waals surface area contributed by atoms with Gasteiger partial charge in [0.2, 0.25) is 0 Å². The molecule has 0 aromatic heterocycles. The summed E-state index contributed by atoms with van der Waals surface area (Å²) in [5.41, 5.74) is 5.80. The summed E-state index contributed by atoms with van der Waals surface area (Å²) in [5.74, 6) is -0.372. The van der Waals surface area contributed by atoms with Gasteiger partial charge in [0, 0.05) is 43.8 Å². The van der Waals surface area contributed by atoms with Crippen LogP contribution in [0.4, 0.5) is 11.4 Å². The SMILES string of the molecule is Cc1ccc(NC(=O)/C(C#N)=C\N2CCN(c3cccc(C)c3C)CC2)cc1. The van der Waals surface area contributed by atoms with Gasteiger partial charge in [-0.05, 0) is 50.1 Å². The van der Waals surface area contributed by atoms with Crippen LogP contribution >= 0.6 is 0 Å². The molecule has 1 aliphatic heterocycles. The molecule has 0 aliphatic carbocycles. The molecule has 5 heteroatoms. The van der Waals surface area contributed by atoms with Gasteiger partial charge in [0.1, 0.15) is 11.6 Å². The first-order valence-corrected chi connectivity index (χ1v) is 9.53. The van der Waals surface area contributed by atoms with Crippen molar-refractivity contribution in [3.8, 4) is 6.07 Å². The highest BCUT2D eigenvalue weighted by Gasteiger charge is 2.19. The van der Waals surface area contributed by atoms with E-state index in [0.29, 0.717) is 5.69 Å². The Hall–Kier alpha value is -3.26. The largest absolute Gasteiger partial charge is 0.373 e. The van der Waals surface area contributed by atoms with Crippen LogP contribution < -0.4 is 10.2 Å². The fraction of sp³-hybridized carbons (Fsp3) is 0.304. The van der Waals surface area contributed by atoms with Gasteiger partial charge in [-0.1, -0.05) is 29.8 Å². The monoisotopic (exact) mass is 374 g/mol. The minimum Gasteiger partial charge on any atom is -0.373 e. The van der Waals surface area contributed by atoms with Crippen LogP contribution in [0.1, 0.15) is 16.7 Å². The van der Waals surface area contributed by atoms with Gasteiger partial charge < -0.3 is 15.1 Å². The maximum atomic E-state index is 12.4. The number of hydrogen-bond acceptors (Lipinski definition) is 4. The minimum atomic E-state index is -0.372. The number of aryl methyl sites for hydroxylation is 2. The maximum Gasteiger partial charge on any atom is 0.267 e. The van der Waals surface area contributed by atoms with E-state index in [-0.39, 0.29) is 11.5 Å². The summed E-state index contributed by atoms with van der Waals surface area (Å²) < 4.78 is 0. The lowest BCUT2D eigenvalue weighted by molar-refractivity contribution is -0.112. The van der Waals surface area contributed by atoms with Crippen molar-refractivity contribution >= 4 is 17.3 Å². The van der Waals surface area contributed by atoms with Gasteiger partial charge in [-0.25, -0.2) is 0 Å². The Balaban J connectivity index is 1.63. The van der Waals surface area contributed by atoms with Crippen molar-refractivity contribution in [1.29, 1.82) is 5.26 Å². The highest BCUT2D eigenvalue weighted by atomic mass is 16.1. The zero-order valence-electron chi connectivity index (χ0n) is 16.7. The predicted molar refractivity (Wildman–Crippen MR) is 113 cm³/mol. The molecule has 28 heavy (non-hydrogen) atoms. The quantitative estimate of drug-likeness (QED) is 0.654. The number of amides is 1. The first-order valence-electron chi connectivity index (χ1n) is 9.53. The van der Waals surface area contributed by atoms with Crippen molar-refractivity contribution in [2.75, 3.05) is 36.4 Å². The Bertz CT molecular complexity index is 917. The maximum absolute atomic E-state index is 12.4. The Kier molecular flexibility index (Phi) is 6.00. The van der Waals surface area contributed by atoms with Crippen LogP contribution in [0.25, 0.3) is 0 Å².